The molecule has 0 aromatic heterocycles. The first-order valence-electron chi connectivity index (χ1n) is 7.13. The van der Waals surface area contributed by atoms with Crippen molar-refractivity contribution in [2.24, 2.45) is 0 Å². The fraction of sp³-hybridized carbons (Fsp3) is 0.562. The maximum atomic E-state index is 11.7. The summed E-state index contributed by atoms with van der Waals surface area (Å²) >= 11 is 7.86. The highest BCUT2D eigenvalue weighted by molar-refractivity contribution is 8.00. The van der Waals surface area contributed by atoms with Gasteiger partial charge >= 0.3 is 0 Å². The normalized spacial score (nSPS) is 13.0. The first-order chi connectivity index (χ1) is 9.79. The molecule has 3 nitrogen and oxygen atoms in total. The van der Waals surface area contributed by atoms with E-state index < -0.39 is 6.10 Å². The number of amides is 1. The quantitative estimate of drug-likeness (QED) is 0.748. The van der Waals surface area contributed by atoms with Crippen LogP contribution in [-0.4, -0.2) is 28.1 Å². The van der Waals surface area contributed by atoms with Crippen LogP contribution in [0.2, 0.25) is 5.02 Å². The fourth-order valence-electron chi connectivity index (χ4n) is 1.77. The number of hydrogen-bond donors (Lipinski definition) is 2. The van der Waals surface area contributed by atoms with Crippen LogP contribution < -0.4 is 5.32 Å². The Labute approximate surface area is 136 Å². The van der Waals surface area contributed by atoms with Gasteiger partial charge in [-0.1, -0.05) is 50.6 Å². The molecule has 118 valence electrons. The average molecular weight is 330 g/mol. The minimum atomic E-state index is -0.772. The maximum Gasteiger partial charge on any atom is 0.220 e. The van der Waals surface area contributed by atoms with Gasteiger partial charge < -0.3 is 10.4 Å². The number of nitrogens with one attached hydrogen (secondary N) is 1. The molecule has 0 aliphatic rings. The van der Waals surface area contributed by atoms with E-state index >= 15 is 0 Å². The molecule has 5 heteroatoms. The van der Waals surface area contributed by atoms with Crippen molar-refractivity contribution < 1.29 is 9.90 Å². The van der Waals surface area contributed by atoms with Crippen LogP contribution in [0, 0.1) is 0 Å². The Kier molecular flexibility index (Phi) is 7.57. The molecular weight excluding hydrogens is 306 g/mol. The molecule has 0 radical (unpaired) electrons. The van der Waals surface area contributed by atoms with E-state index in [-0.39, 0.29) is 17.2 Å². The second kappa shape index (κ2) is 8.66. The summed E-state index contributed by atoms with van der Waals surface area (Å²) in [5.74, 6) is 0.930. The molecule has 1 aromatic rings. The van der Waals surface area contributed by atoms with Crippen LogP contribution in [0.4, 0.5) is 0 Å². The number of benzene rings is 1. The molecule has 0 spiro atoms. The smallest absolute Gasteiger partial charge is 0.220 e. The summed E-state index contributed by atoms with van der Waals surface area (Å²) in [7, 11) is 0. The van der Waals surface area contributed by atoms with E-state index in [4.69, 9.17) is 11.6 Å². The van der Waals surface area contributed by atoms with Crippen LogP contribution in [0.5, 0.6) is 0 Å². The summed E-state index contributed by atoms with van der Waals surface area (Å²) < 4.78 is 0.233. The van der Waals surface area contributed by atoms with Gasteiger partial charge in [0.2, 0.25) is 5.91 Å². The Morgan fingerprint density at radius 1 is 1.38 bits per heavy atom. The van der Waals surface area contributed by atoms with Gasteiger partial charge in [-0.15, -0.1) is 0 Å². The predicted molar refractivity (Wildman–Crippen MR) is 90.9 cm³/mol. The van der Waals surface area contributed by atoms with Crippen LogP contribution >= 0.6 is 23.4 Å². The highest BCUT2D eigenvalue weighted by atomic mass is 35.5. The van der Waals surface area contributed by atoms with Gasteiger partial charge in [0.15, 0.2) is 0 Å². The SMILES string of the molecule is CC(C)(C)SCCCC(=O)NCC(O)c1ccccc1Cl. The Morgan fingerprint density at radius 2 is 2.05 bits per heavy atom. The number of aliphatic hydroxyl groups excluding tert-OH is 1. The second-order valence-electron chi connectivity index (χ2n) is 5.91. The lowest BCUT2D eigenvalue weighted by molar-refractivity contribution is -0.121. The molecular formula is C16H24ClNO2S. The van der Waals surface area contributed by atoms with E-state index in [9.17, 15) is 9.90 Å². The lowest BCUT2D eigenvalue weighted by Gasteiger charge is -2.17. The minimum Gasteiger partial charge on any atom is -0.387 e. The maximum absolute atomic E-state index is 11.7. The molecule has 1 unspecified atom stereocenters. The van der Waals surface area contributed by atoms with Gasteiger partial charge in [0, 0.05) is 28.3 Å². The first kappa shape index (κ1) is 18.3. The summed E-state index contributed by atoms with van der Waals surface area (Å²) in [6.45, 7) is 6.68. The third-order valence-electron chi connectivity index (χ3n) is 2.84. The van der Waals surface area contributed by atoms with Gasteiger partial charge in [-0.3, -0.25) is 4.79 Å². The summed E-state index contributed by atoms with van der Waals surface area (Å²) in [5, 5.41) is 13.3. The Bertz CT molecular complexity index is 460. The van der Waals surface area contributed by atoms with Gasteiger partial charge in [0.25, 0.3) is 0 Å². The van der Waals surface area contributed by atoms with Crippen molar-refractivity contribution in [2.45, 2.75) is 44.5 Å². The number of hydrogen-bond acceptors (Lipinski definition) is 3. The molecule has 0 saturated heterocycles. The first-order valence-corrected chi connectivity index (χ1v) is 8.49. The van der Waals surface area contributed by atoms with Gasteiger partial charge in [0.05, 0.1) is 6.10 Å². The van der Waals surface area contributed by atoms with E-state index in [0.717, 1.165) is 12.2 Å². The average Bonchev–Trinajstić information content (AvgIpc) is 2.40. The molecule has 2 N–H and O–H groups in total. The molecule has 0 fully saturated rings. The van der Waals surface area contributed by atoms with Gasteiger partial charge in [-0.25, -0.2) is 0 Å². The molecule has 21 heavy (non-hydrogen) atoms. The highest BCUT2D eigenvalue weighted by Crippen LogP contribution is 2.24. The lowest BCUT2D eigenvalue weighted by Crippen LogP contribution is -2.28. The molecule has 1 amide bonds. The Balaban J connectivity index is 2.25. The second-order valence-corrected chi connectivity index (χ2v) is 8.23. The van der Waals surface area contributed by atoms with Crippen molar-refractivity contribution in [3.63, 3.8) is 0 Å². The van der Waals surface area contributed by atoms with Gasteiger partial charge in [-0.05, 0) is 18.2 Å². The Morgan fingerprint density at radius 3 is 2.67 bits per heavy atom. The van der Waals surface area contributed by atoms with Crippen molar-refractivity contribution in [2.75, 3.05) is 12.3 Å². The molecule has 1 rings (SSSR count). The van der Waals surface area contributed by atoms with E-state index in [1.54, 1.807) is 12.1 Å². The molecule has 1 atom stereocenters. The van der Waals surface area contributed by atoms with Crippen molar-refractivity contribution in [1.29, 1.82) is 0 Å². The summed E-state index contributed by atoms with van der Waals surface area (Å²) in [5.41, 5.74) is 0.641. The molecule has 1 aromatic carbocycles. The fourth-order valence-corrected chi connectivity index (χ4v) is 2.93. The van der Waals surface area contributed by atoms with Crippen molar-refractivity contribution in [3.05, 3.63) is 34.9 Å². The van der Waals surface area contributed by atoms with E-state index in [1.807, 2.05) is 23.9 Å². The molecule has 0 saturated carbocycles. The predicted octanol–water partition coefficient (Wildman–Crippen LogP) is 3.80. The van der Waals surface area contributed by atoms with E-state index in [1.165, 1.54) is 0 Å². The number of thioether (sulfide) groups is 1. The number of carbonyl (C=O) groups excluding carboxylic acids is 1. The van der Waals surface area contributed by atoms with Crippen molar-refractivity contribution in [1.82, 2.24) is 5.32 Å². The highest BCUT2D eigenvalue weighted by Gasteiger charge is 2.13. The lowest BCUT2D eigenvalue weighted by atomic mass is 10.1. The summed E-state index contributed by atoms with van der Waals surface area (Å²) in [6.07, 6.45) is 0.556. The third kappa shape index (κ3) is 7.74. The van der Waals surface area contributed by atoms with Crippen LogP contribution in [0.1, 0.15) is 45.3 Å². The topological polar surface area (TPSA) is 49.3 Å². The van der Waals surface area contributed by atoms with Crippen LogP contribution in [-0.2, 0) is 4.79 Å². The largest absolute Gasteiger partial charge is 0.387 e. The number of carbonyl (C=O) groups is 1. The van der Waals surface area contributed by atoms with E-state index in [0.29, 0.717) is 17.0 Å². The molecule has 0 bridgehead atoms. The number of halogens is 1. The van der Waals surface area contributed by atoms with Crippen LogP contribution in [0.15, 0.2) is 24.3 Å². The number of rotatable bonds is 7. The monoisotopic (exact) mass is 329 g/mol. The van der Waals surface area contributed by atoms with E-state index in [2.05, 4.69) is 26.1 Å². The Hall–Kier alpha value is -0.710. The number of aliphatic hydroxyl groups is 1. The van der Waals surface area contributed by atoms with Crippen LogP contribution in [0.3, 0.4) is 0 Å². The zero-order chi connectivity index (χ0) is 15.9. The molecule has 0 aliphatic heterocycles. The summed E-state index contributed by atoms with van der Waals surface area (Å²) in [6, 6.07) is 7.12. The van der Waals surface area contributed by atoms with Crippen LogP contribution in [0.25, 0.3) is 0 Å². The zero-order valence-corrected chi connectivity index (χ0v) is 14.4. The summed E-state index contributed by atoms with van der Waals surface area (Å²) in [4.78, 5) is 11.7. The zero-order valence-electron chi connectivity index (χ0n) is 12.9. The molecule has 0 aliphatic carbocycles. The van der Waals surface area contributed by atoms with Crippen molar-refractivity contribution >= 4 is 29.3 Å². The van der Waals surface area contributed by atoms with Gasteiger partial charge in [0.1, 0.15) is 0 Å². The standard InChI is InChI=1S/C16H24ClNO2S/c1-16(2,3)21-10-6-9-15(20)18-11-14(19)12-7-4-5-8-13(12)17/h4-5,7-8,14,19H,6,9-11H2,1-3H3,(H,18,20). The third-order valence-corrected chi connectivity index (χ3v) is 4.54. The molecule has 0 heterocycles. The van der Waals surface area contributed by atoms with Gasteiger partial charge in [-0.2, -0.15) is 11.8 Å². The van der Waals surface area contributed by atoms with Crippen molar-refractivity contribution in [3.8, 4) is 0 Å². The minimum absolute atomic E-state index is 0.0318.